The van der Waals surface area contributed by atoms with E-state index in [0.717, 1.165) is 5.39 Å². The third-order valence-electron chi connectivity index (χ3n) is 1.53. The summed E-state index contributed by atoms with van der Waals surface area (Å²) in [5.41, 5.74) is 0.337. The van der Waals surface area contributed by atoms with E-state index in [-0.39, 0.29) is 18.0 Å². The van der Waals surface area contributed by atoms with Gasteiger partial charge in [-0.2, -0.15) is 0 Å². The van der Waals surface area contributed by atoms with Gasteiger partial charge in [0, 0.05) is 11.5 Å². The zero-order valence-corrected chi connectivity index (χ0v) is 6.91. The lowest BCUT2D eigenvalue weighted by Gasteiger charge is -1.91. The first-order chi connectivity index (χ1) is 5.36. The second-order valence-corrected chi connectivity index (χ2v) is 2.29. The van der Waals surface area contributed by atoms with Crippen LogP contribution in [0.25, 0.3) is 11.0 Å². The van der Waals surface area contributed by atoms with Crippen molar-refractivity contribution >= 4 is 11.0 Å². The van der Waals surface area contributed by atoms with Crippen LogP contribution in [-0.2, 0) is 0 Å². The van der Waals surface area contributed by atoms with Crippen molar-refractivity contribution in [2.24, 2.45) is 0 Å². The molecule has 0 atom stereocenters. The number of fused-ring (bicyclic) bond motifs is 1. The van der Waals surface area contributed by atoms with Crippen LogP contribution in [-0.4, -0.2) is 0 Å². The first-order valence-corrected chi connectivity index (χ1v) is 3.35. The average Bonchev–Trinajstić information content (AvgIpc) is 2.04. The van der Waals surface area contributed by atoms with Gasteiger partial charge < -0.3 is 16.8 Å². The van der Waals surface area contributed by atoms with Gasteiger partial charge in [0.25, 0.3) is 0 Å². The normalized spacial score (nSPS) is 9.33. The zero-order valence-electron chi connectivity index (χ0n) is 6.16. The number of rotatable bonds is 0. The van der Waals surface area contributed by atoms with Gasteiger partial charge in [0.05, 0.1) is 0 Å². The highest BCUT2D eigenvalue weighted by molar-refractivity contribution is 5.75. The van der Waals surface area contributed by atoms with E-state index in [1.807, 2.05) is 18.2 Å². The van der Waals surface area contributed by atoms with Crippen molar-refractivity contribution in [2.75, 3.05) is 0 Å². The Bertz CT molecular complexity index is 433. The largest absolute Gasteiger partial charge is 1.00 e. The Balaban J connectivity index is 0.000000720. The lowest BCUT2D eigenvalue weighted by molar-refractivity contribution is -0.00000272. The first kappa shape index (κ1) is 8.81. The molecule has 0 saturated heterocycles. The van der Waals surface area contributed by atoms with Gasteiger partial charge in [0.15, 0.2) is 0 Å². The number of halogens is 1. The van der Waals surface area contributed by atoms with Crippen LogP contribution in [0.3, 0.4) is 0 Å². The predicted octanol–water partition coefficient (Wildman–Crippen LogP) is -1.20. The molecule has 1 aromatic heterocycles. The fraction of sp³-hybridized carbons (Fsp3) is 0. The standard InChI is InChI=1S/C9H6O2.ClH/c10-9-6-5-7-3-1-2-4-8(7)11-9;/h1-6H;1H/p-1. The molecule has 0 bridgehead atoms. The molecule has 0 amide bonds. The van der Waals surface area contributed by atoms with Crippen LogP contribution < -0.4 is 18.0 Å². The minimum Gasteiger partial charge on any atom is -1.00 e. The summed E-state index contributed by atoms with van der Waals surface area (Å²) in [5.74, 6) is 0. The summed E-state index contributed by atoms with van der Waals surface area (Å²) in [6, 6.07) is 10.6. The SMILES string of the molecule is O=c1ccc2ccccc2o1.[Cl-]. The molecule has 0 saturated carbocycles. The Morgan fingerprint density at radius 3 is 2.58 bits per heavy atom. The maximum atomic E-state index is 10.7. The van der Waals surface area contributed by atoms with Crippen molar-refractivity contribution < 1.29 is 16.8 Å². The van der Waals surface area contributed by atoms with E-state index in [9.17, 15) is 4.79 Å². The van der Waals surface area contributed by atoms with Gasteiger partial charge in [-0.3, -0.25) is 0 Å². The smallest absolute Gasteiger partial charge is 0.336 e. The van der Waals surface area contributed by atoms with Gasteiger partial charge in [-0.05, 0) is 12.1 Å². The highest BCUT2D eigenvalue weighted by atomic mass is 35.5. The molecule has 0 N–H and O–H groups in total. The number of benzene rings is 1. The van der Waals surface area contributed by atoms with Crippen molar-refractivity contribution in [3.63, 3.8) is 0 Å². The molecule has 1 aromatic carbocycles. The van der Waals surface area contributed by atoms with Gasteiger partial charge in [-0.15, -0.1) is 0 Å². The molecule has 0 unspecified atom stereocenters. The van der Waals surface area contributed by atoms with Crippen molar-refractivity contribution in [1.29, 1.82) is 0 Å². The van der Waals surface area contributed by atoms with Crippen LogP contribution in [0.2, 0.25) is 0 Å². The highest BCUT2D eigenvalue weighted by Crippen LogP contribution is 2.08. The molecule has 3 heteroatoms. The molecule has 0 aliphatic carbocycles. The Hall–Kier alpha value is -1.28. The second kappa shape index (κ2) is 3.41. The Morgan fingerprint density at radius 1 is 1.00 bits per heavy atom. The van der Waals surface area contributed by atoms with Gasteiger partial charge in [-0.25, -0.2) is 4.79 Å². The van der Waals surface area contributed by atoms with Gasteiger partial charge >= 0.3 is 5.63 Å². The monoisotopic (exact) mass is 181 g/mol. The molecule has 0 fully saturated rings. The molecule has 0 spiro atoms. The molecular weight excluding hydrogens is 176 g/mol. The number of para-hydroxylation sites is 1. The van der Waals surface area contributed by atoms with Crippen molar-refractivity contribution in [1.82, 2.24) is 0 Å². The van der Waals surface area contributed by atoms with Crippen LogP contribution in [0.5, 0.6) is 0 Å². The fourth-order valence-electron chi connectivity index (χ4n) is 1.01. The van der Waals surface area contributed by atoms with Crippen LogP contribution >= 0.6 is 0 Å². The van der Waals surface area contributed by atoms with Gasteiger partial charge in [0.1, 0.15) is 5.58 Å². The Morgan fingerprint density at radius 2 is 1.75 bits per heavy atom. The molecule has 2 aromatic rings. The summed E-state index contributed by atoms with van der Waals surface area (Å²) < 4.78 is 4.91. The molecule has 62 valence electrons. The van der Waals surface area contributed by atoms with Gasteiger partial charge in [0.2, 0.25) is 0 Å². The fourth-order valence-corrected chi connectivity index (χ4v) is 1.01. The third-order valence-corrected chi connectivity index (χ3v) is 1.53. The molecule has 1 heterocycles. The molecule has 0 radical (unpaired) electrons. The summed E-state index contributed by atoms with van der Waals surface area (Å²) in [4.78, 5) is 10.7. The van der Waals surface area contributed by atoms with E-state index in [1.165, 1.54) is 6.07 Å². The average molecular weight is 182 g/mol. The van der Waals surface area contributed by atoms with Crippen molar-refractivity contribution in [3.05, 3.63) is 46.8 Å². The summed E-state index contributed by atoms with van der Waals surface area (Å²) in [5, 5.41) is 0.951. The lowest BCUT2D eigenvalue weighted by atomic mass is 10.2. The van der Waals surface area contributed by atoms with E-state index in [0.29, 0.717) is 5.58 Å². The highest BCUT2D eigenvalue weighted by Gasteiger charge is 1.92. The maximum Gasteiger partial charge on any atom is 0.336 e. The molecular formula is C9H6ClO2-. The van der Waals surface area contributed by atoms with E-state index in [2.05, 4.69) is 0 Å². The number of hydrogen-bond acceptors (Lipinski definition) is 2. The van der Waals surface area contributed by atoms with Crippen molar-refractivity contribution in [2.45, 2.75) is 0 Å². The molecule has 0 aliphatic rings. The van der Waals surface area contributed by atoms with E-state index in [1.54, 1.807) is 12.1 Å². The topological polar surface area (TPSA) is 30.2 Å². The summed E-state index contributed by atoms with van der Waals surface area (Å²) in [7, 11) is 0. The Kier molecular flexibility index (Phi) is 2.51. The molecule has 2 rings (SSSR count). The maximum absolute atomic E-state index is 10.7. The minimum absolute atomic E-state index is 0. The Labute approximate surface area is 75.2 Å². The minimum atomic E-state index is -0.302. The molecule has 12 heavy (non-hydrogen) atoms. The zero-order chi connectivity index (χ0) is 7.68. The first-order valence-electron chi connectivity index (χ1n) is 3.35. The van der Waals surface area contributed by atoms with Crippen LogP contribution in [0.15, 0.2) is 45.6 Å². The van der Waals surface area contributed by atoms with Crippen LogP contribution in [0.4, 0.5) is 0 Å². The van der Waals surface area contributed by atoms with E-state index >= 15 is 0 Å². The predicted molar refractivity (Wildman–Crippen MR) is 42.5 cm³/mol. The molecule has 0 aliphatic heterocycles. The second-order valence-electron chi connectivity index (χ2n) is 2.29. The summed E-state index contributed by atoms with van der Waals surface area (Å²) in [6.07, 6.45) is 0. The van der Waals surface area contributed by atoms with Crippen LogP contribution in [0.1, 0.15) is 0 Å². The van der Waals surface area contributed by atoms with Gasteiger partial charge in [-0.1, -0.05) is 18.2 Å². The van der Waals surface area contributed by atoms with Crippen LogP contribution in [0, 0.1) is 0 Å². The van der Waals surface area contributed by atoms with Crippen molar-refractivity contribution in [3.8, 4) is 0 Å². The lowest BCUT2D eigenvalue weighted by Crippen LogP contribution is -3.00. The number of hydrogen-bond donors (Lipinski definition) is 0. The quantitative estimate of drug-likeness (QED) is 0.478. The summed E-state index contributed by atoms with van der Waals surface area (Å²) in [6.45, 7) is 0. The summed E-state index contributed by atoms with van der Waals surface area (Å²) >= 11 is 0. The third kappa shape index (κ3) is 1.48. The van der Waals surface area contributed by atoms with E-state index < -0.39 is 0 Å². The molecule has 2 nitrogen and oxygen atoms in total. The van der Waals surface area contributed by atoms with E-state index in [4.69, 9.17) is 4.42 Å².